The molecule has 1 aromatic carbocycles. The van der Waals surface area contributed by atoms with Crippen LogP contribution in [0, 0.1) is 12.7 Å². The van der Waals surface area contributed by atoms with Gasteiger partial charge in [0.05, 0.1) is 0 Å². The van der Waals surface area contributed by atoms with Crippen LogP contribution in [0.25, 0.3) is 0 Å². The van der Waals surface area contributed by atoms with Crippen molar-refractivity contribution in [2.24, 2.45) is 0 Å². The molecule has 1 aromatic rings. The Balaban J connectivity index is 2.62. The van der Waals surface area contributed by atoms with Gasteiger partial charge in [-0.3, -0.25) is 0 Å². The van der Waals surface area contributed by atoms with Crippen LogP contribution < -0.4 is 5.32 Å². The quantitative estimate of drug-likeness (QED) is 0.771. The van der Waals surface area contributed by atoms with Gasteiger partial charge in [-0.25, -0.2) is 9.18 Å². The van der Waals surface area contributed by atoms with Crippen molar-refractivity contribution in [3.8, 4) is 0 Å². The molecule has 0 amide bonds. The van der Waals surface area contributed by atoms with Crippen LogP contribution in [0.15, 0.2) is 29.8 Å². The highest BCUT2D eigenvalue weighted by Crippen LogP contribution is 2.15. The molecule has 0 heterocycles. The Labute approximate surface area is 93.6 Å². The average Bonchev–Trinajstić information content (AvgIpc) is 2.20. The van der Waals surface area contributed by atoms with E-state index in [0.29, 0.717) is 6.54 Å². The van der Waals surface area contributed by atoms with E-state index < -0.39 is 5.97 Å². The van der Waals surface area contributed by atoms with Crippen LogP contribution >= 0.6 is 0 Å². The molecule has 86 valence electrons. The molecule has 0 aromatic heterocycles. The molecule has 1 rings (SSSR count). The van der Waals surface area contributed by atoms with E-state index in [4.69, 9.17) is 5.11 Å². The molecule has 3 nitrogen and oxygen atoms in total. The van der Waals surface area contributed by atoms with Crippen molar-refractivity contribution in [3.63, 3.8) is 0 Å². The first-order chi connectivity index (χ1) is 7.50. The molecule has 0 bridgehead atoms. The van der Waals surface area contributed by atoms with E-state index >= 15 is 0 Å². The lowest BCUT2D eigenvalue weighted by atomic mass is 10.2. The smallest absolute Gasteiger partial charge is 0.331 e. The van der Waals surface area contributed by atoms with Crippen LogP contribution in [0.2, 0.25) is 0 Å². The monoisotopic (exact) mass is 223 g/mol. The third kappa shape index (κ3) is 3.38. The van der Waals surface area contributed by atoms with Crippen LogP contribution in [-0.2, 0) is 4.79 Å². The zero-order valence-corrected chi connectivity index (χ0v) is 9.25. The first-order valence-electron chi connectivity index (χ1n) is 4.91. The van der Waals surface area contributed by atoms with Crippen LogP contribution in [0.4, 0.5) is 10.1 Å². The molecule has 0 aliphatic rings. The zero-order valence-electron chi connectivity index (χ0n) is 9.25. The number of carbonyl (C=O) groups is 1. The molecule has 0 saturated carbocycles. The van der Waals surface area contributed by atoms with Gasteiger partial charge in [-0.2, -0.15) is 0 Å². The largest absolute Gasteiger partial charge is 0.478 e. The molecule has 0 unspecified atom stereocenters. The van der Waals surface area contributed by atoms with E-state index in [0.717, 1.165) is 11.3 Å². The summed E-state index contributed by atoms with van der Waals surface area (Å²) in [4.78, 5) is 10.5. The minimum atomic E-state index is -0.933. The van der Waals surface area contributed by atoms with E-state index in [1.807, 2.05) is 0 Å². The van der Waals surface area contributed by atoms with Gasteiger partial charge >= 0.3 is 5.97 Å². The van der Waals surface area contributed by atoms with E-state index in [1.54, 1.807) is 19.1 Å². The number of benzene rings is 1. The van der Waals surface area contributed by atoms with E-state index in [-0.39, 0.29) is 11.4 Å². The van der Waals surface area contributed by atoms with Gasteiger partial charge < -0.3 is 10.4 Å². The van der Waals surface area contributed by atoms with Crippen molar-refractivity contribution in [2.45, 2.75) is 13.8 Å². The van der Waals surface area contributed by atoms with Gasteiger partial charge in [-0.1, -0.05) is 6.08 Å². The topological polar surface area (TPSA) is 49.3 Å². The lowest BCUT2D eigenvalue weighted by molar-refractivity contribution is -0.132. The summed E-state index contributed by atoms with van der Waals surface area (Å²) < 4.78 is 12.8. The Morgan fingerprint density at radius 1 is 1.56 bits per heavy atom. The number of hydrogen-bond donors (Lipinski definition) is 2. The summed E-state index contributed by atoms with van der Waals surface area (Å²) in [5.74, 6) is -1.21. The molecule has 0 aliphatic heterocycles. The molecule has 0 aliphatic carbocycles. The SMILES string of the molecule is C/C(=C/CNc1ccc(F)cc1C)C(=O)O. The Bertz CT molecular complexity index is 427. The highest BCUT2D eigenvalue weighted by Gasteiger charge is 2.00. The number of nitrogens with one attached hydrogen (secondary N) is 1. The maximum atomic E-state index is 12.8. The number of carboxylic acid groups (broad SMARTS) is 1. The molecule has 0 atom stereocenters. The summed E-state index contributed by atoms with van der Waals surface area (Å²) in [6, 6.07) is 4.42. The zero-order chi connectivity index (χ0) is 12.1. The average molecular weight is 223 g/mol. The van der Waals surface area contributed by atoms with E-state index in [2.05, 4.69) is 5.32 Å². The number of aliphatic carboxylic acids is 1. The normalized spacial score (nSPS) is 11.3. The summed E-state index contributed by atoms with van der Waals surface area (Å²) in [7, 11) is 0. The third-order valence-corrected chi connectivity index (χ3v) is 2.23. The number of hydrogen-bond acceptors (Lipinski definition) is 2. The number of aryl methyl sites for hydroxylation is 1. The van der Waals surface area contributed by atoms with Gasteiger partial charge in [0.15, 0.2) is 0 Å². The first kappa shape index (κ1) is 12.2. The van der Waals surface area contributed by atoms with Gasteiger partial charge in [0.25, 0.3) is 0 Å². The second kappa shape index (κ2) is 5.30. The van der Waals surface area contributed by atoms with Crippen molar-refractivity contribution in [1.29, 1.82) is 0 Å². The molecule has 2 N–H and O–H groups in total. The minimum Gasteiger partial charge on any atom is -0.478 e. The number of carboxylic acids is 1. The maximum Gasteiger partial charge on any atom is 0.331 e. The number of rotatable bonds is 4. The lowest BCUT2D eigenvalue weighted by Crippen LogP contribution is -2.04. The van der Waals surface area contributed by atoms with E-state index in [9.17, 15) is 9.18 Å². The van der Waals surface area contributed by atoms with Gasteiger partial charge in [-0.05, 0) is 37.6 Å². The lowest BCUT2D eigenvalue weighted by Gasteiger charge is -2.07. The van der Waals surface area contributed by atoms with Crippen molar-refractivity contribution in [1.82, 2.24) is 0 Å². The second-order valence-corrected chi connectivity index (χ2v) is 3.53. The van der Waals surface area contributed by atoms with Gasteiger partial charge in [0.1, 0.15) is 5.82 Å². The molecular formula is C12H14FNO2. The highest BCUT2D eigenvalue weighted by atomic mass is 19.1. The predicted octanol–water partition coefficient (Wildman–Crippen LogP) is 2.58. The Hall–Kier alpha value is -1.84. The molecule has 0 radical (unpaired) electrons. The van der Waals surface area contributed by atoms with Crippen LogP contribution in [-0.4, -0.2) is 17.6 Å². The molecule has 0 spiro atoms. The molecule has 0 saturated heterocycles. The highest BCUT2D eigenvalue weighted by molar-refractivity contribution is 5.85. The number of halogens is 1. The van der Waals surface area contributed by atoms with Crippen molar-refractivity contribution in [2.75, 3.05) is 11.9 Å². The minimum absolute atomic E-state index is 0.277. The van der Waals surface area contributed by atoms with Crippen LogP contribution in [0.3, 0.4) is 0 Å². The Morgan fingerprint density at radius 2 is 2.25 bits per heavy atom. The summed E-state index contributed by atoms with van der Waals surface area (Å²) >= 11 is 0. The fourth-order valence-corrected chi connectivity index (χ4v) is 1.23. The summed E-state index contributed by atoms with van der Waals surface area (Å²) in [5.41, 5.74) is 1.88. The molecule has 16 heavy (non-hydrogen) atoms. The Morgan fingerprint density at radius 3 is 2.81 bits per heavy atom. The predicted molar refractivity (Wildman–Crippen MR) is 61.0 cm³/mol. The fourth-order valence-electron chi connectivity index (χ4n) is 1.23. The summed E-state index contributed by atoms with van der Waals surface area (Å²) in [6.07, 6.45) is 1.57. The van der Waals surface area contributed by atoms with Crippen molar-refractivity contribution < 1.29 is 14.3 Å². The number of anilines is 1. The van der Waals surface area contributed by atoms with Gasteiger partial charge in [0, 0.05) is 17.8 Å². The standard InChI is InChI=1S/C12H14FNO2/c1-8(12(15)16)5-6-14-11-4-3-10(13)7-9(11)2/h3-5,7,14H,6H2,1-2H3,(H,15,16)/b8-5-. The first-order valence-corrected chi connectivity index (χ1v) is 4.91. The summed E-state index contributed by atoms with van der Waals surface area (Å²) in [5, 5.41) is 11.6. The van der Waals surface area contributed by atoms with E-state index in [1.165, 1.54) is 19.1 Å². The van der Waals surface area contributed by atoms with Gasteiger partial charge in [0.2, 0.25) is 0 Å². The summed E-state index contributed by atoms with van der Waals surface area (Å²) in [6.45, 7) is 3.73. The van der Waals surface area contributed by atoms with Crippen molar-refractivity contribution >= 4 is 11.7 Å². The van der Waals surface area contributed by atoms with Crippen LogP contribution in [0.1, 0.15) is 12.5 Å². The maximum absolute atomic E-state index is 12.8. The molecular weight excluding hydrogens is 209 g/mol. The van der Waals surface area contributed by atoms with Gasteiger partial charge in [-0.15, -0.1) is 0 Å². The second-order valence-electron chi connectivity index (χ2n) is 3.53. The Kier molecular flexibility index (Phi) is 4.05. The molecule has 0 fully saturated rings. The third-order valence-electron chi connectivity index (χ3n) is 2.23. The molecule has 4 heteroatoms. The fraction of sp³-hybridized carbons (Fsp3) is 0.250. The van der Waals surface area contributed by atoms with Crippen molar-refractivity contribution in [3.05, 3.63) is 41.2 Å². The van der Waals surface area contributed by atoms with Crippen LogP contribution in [0.5, 0.6) is 0 Å².